The lowest BCUT2D eigenvalue weighted by atomic mass is 10.1. The first-order chi connectivity index (χ1) is 16.9. The van der Waals surface area contributed by atoms with Crippen LogP contribution in [0.25, 0.3) is 10.9 Å². The first kappa shape index (κ1) is 24.5. The maximum Gasteiger partial charge on any atom is 0.251 e. The lowest BCUT2D eigenvalue weighted by Crippen LogP contribution is -2.27. The molecular formula is C28H28FN3O2S. The van der Waals surface area contributed by atoms with Crippen molar-refractivity contribution in [2.24, 2.45) is 0 Å². The summed E-state index contributed by atoms with van der Waals surface area (Å²) >= 11 is 1.48. The number of thioether (sulfide) groups is 1. The molecule has 180 valence electrons. The Labute approximate surface area is 208 Å². The first-order valence-electron chi connectivity index (χ1n) is 11.5. The van der Waals surface area contributed by atoms with Crippen LogP contribution in [0, 0.1) is 19.7 Å². The molecule has 0 aliphatic heterocycles. The summed E-state index contributed by atoms with van der Waals surface area (Å²) in [6.07, 6.45) is 2.03. The summed E-state index contributed by atoms with van der Waals surface area (Å²) in [5, 5.41) is 6.96. The molecule has 0 radical (unpaired) electrons. The van der Waals surface area contributed by atoms with Crippen LogP contribution in [0.2, 0.25) is 0 Å². The molecule has 0 fully saturated rings. The number of amides is 2. The predicted octanol–water partition coefficient (Wildman–Crippen LogP) is 5.24. The smallest absolute Gasteiger partial charge is 0.251 e. The van der Waals surface area contributed by atoms with Crippen molar-refractivity contribution in [1.29, 1.82) is 0 Å². The molecule has 3 aromatic carbocycles. The molecular weight excluding hydrogens is 461 g/mol. The van der Waals surface area contributed by atoms with E-state index in [4.69, 9.17) is 0 Å². The van der Waals surface area contributed by atoms with E-state index in [1.54, 1.807) is 12.1 Å². The van der Waals surface area contributed by atoms with Crippen molar-refractivity contribution in [2.45, 2.75) is 31.8 Å². The average molecular weight is 490 g/mol. The topological polar surface area (TPSA) is 63.1 Å². The van der Waals surface area contributed by atoms with Crippen LogP contribution in [0.15, 0.2) is 77.8 Å². The van der Waals surface area contributed by atoms with E-state index in [1.807, 2.05) is 62.5 Å². The minimum Gasteiger partial charge on any atom is -0.351 e. The first-order valence-corrected chi connectivity index (χ1v) is 12.5. The molecule has 0 saturated heterocycles. The number of benzene rings is 3. The monoisotopic (exact) mass is 489 g/mol. The Morgan fingerprint density at radius 2 is 1.66 bits per heavy atom. The molecule has 0 spiro atoms. The normalized spacial score (nSPS) is 10.9. The van der Waals surface area contributed by atoms with Crippen LogP contribution in [0.5, 0.6) is 0 Å². The van der Waals surface area contributed by atoms with Gasteiger partial charge in [0.25, 0.3) is 5.91 Å². The van der Waals surface area contributed by atoms with Crippen molar-refractivity contribution in [3.05, 3.63) is 101 Å². The number of carbonyl (C=O) groups excluding carboxylic acids is 2. The standard InChI is InChI=1S/C28H28FN3O2S/c1-19-13-20(2)15-22(14-19)28(34)30-11-12-32-17-26(24-5-3-4-6-25(24)32)35-18-27(33)31-16-21-7-9-23(29)10-8-21/h3-10,13-15,17H,11-12,16,18H2,1-2H3,(H,30,34)(H,31,33). The van der Waals surface area contributed by atoms with E-state index >= 15 is 0 Å². The van der Waals surface area contributed by atoms with Gasteiger partial charge in [0.05, 0.1) is 5.75 Å². The van der Waals surface area contributed by atoms with Crippen molar-refractivity contribution in [3.8, 4) is 0 Å². The Morgan fingerprint density at radius 3 is 2.40 bits per heavy atom. The molecule has 0 aliphatic rings. The molecule has 5 nitrogen and oxygen atoms in total. The minimum atomic E-state index is -0.295. The number of para-hydroxylation sites is 1. The zero-order chi connectivity index (χ0) is 24.8. The maximum atomic E-state index is 13.0. The molecule has 7 heteroatoms. The molecule has 0 saturated carbocycles. The number of fused-ring (bicyclic) bond motifs is 1. The Morgan fingerprint density at radius 1 is 0.943 bits per heavy atom. The third kappa shape index (κ3) is 6.51. The number of hydrogen-bond donors (Lipinski definition) is 2. The average Bonchev–Trinajstić information content (AvgIpc) is 3.19. The van der Waals surface area contributed by atoms with Gasteiger partial charge in [-0.1, -0.05) is 47.5 Å². The van der Waals surface area contributed by atoms with E-state index < -0.39 is 0 Å². The van der Waals surface area contributed by atoms with Gasteiger partial charge in [-0.2, -0.15) is 0 Å². The molecule has 0 bridgehead atoms. The third-order valence-corrected chi connectivity index (χ3v) is 6.68. The number of nitrogens with one attached hydrogen (secondary N) is 2. The largest absolute Gasteiger partial charge is 0.351 e. The zero-order valence-electron chi connectivity index (χ0n) is 19.8. The number of hydrogen-bond acceptors (Lipinski definition) is 3. The second-order valence-corrected chi connectivity index (χ2v) is 9.55. The minimum absolute atomic E-state index is 0.0827. The van der Waals surface area contributed by atoms with Crippen LogP contribution in [0.4, 0.5) is 4.39 Å². The van der Waals surface area contributed by atoms with E-state index in [-0.39, 0.29) is 23.4 Å². The summed E-state index contributed by atoms with van der Waals surface area (Å²) in [7, 11) is 0. The second-order valence-electron chi connectivity index (χ2n) is 8.53. The van der Waals surface area contributed by atoms with Gasteiger partial charge in [0.1, 0.15) is 5.82 Å². The highest BCUT2D eigenvalue weighted by atomic mass is 32.2. The molecule has 35 heavy (non-hydrogen) atoms. The lowest BCUT2D eigenvalue weighted by molar-refractivity contribution is -0.118. The van der Waals surface area contributed by atoms with Crippen LogP contribution in [0.3, 0.4) is 0 Å². The van der Waals surface area contributed by atoms with Crippen LogP contribution in [-0.2, 0) is 17.9 Å². The van der Waals surface area contributed by atoms with Gasteiger partial charge in [-0.15, -0.1) is 11.8 Å². The molecule has 2 amide bonds. The van der Waals surface area contributed by atoms with Crippen molar-refractivity contribution >= 4 is 34.5 Å². The maximum absolute atomic E-state index is 13.0. The van der Waals surface area contributed by atoms with Crippen LogP contribution >= 0.6 is 11.8 Å². The zero-order valence-corrected chi connectivity index (χ0v) is 20.6. The third-order valence-electron chi connectivity index (χ3n) is 5.64. The molecule has 4 aromatic rings. The van der Waals surface area contributed by atoms with E-state index in [1.165, 1.54) is 23.9 Å². The lowest BCUT2D eigenvalue weighted by Gasteiger charge is -2.09. The number of aromatic nitrogens is 1. The van der Waals surface area contributed by atoms with E-state index in [2.05, 4.69) is 15.2 Å². The fourth-order valence-electron chi connectivity index (χ4n) is 4.01. The van der Waals surface area contributed by atoms with Gasteiger partial charge in [0.15, 0.2) is 0 Å². The van der Waals surface area contributed by atoms with Gasteiger partial charge in [-0.25, -0.2) is 4.39 Å². The van der Waals surface area contributed by atoms with Crippen LogP contribution in [0.1, 0.15) is 27.0 Å². The predicted molar refractivity (Wildman–Crippen MR) is 139 cm³/mol. The summed E-state index contributed by atoms with van der Waals surface area (Å²) < 4.78 is 15.1. The molecule has 0 aliphatic carbocycles. The van der Waals surface area contributed by atoms with Gasteiger partial charge in [0.2, 0.25) is 5.91 Å². The molecule has 2 N–H and O–H groups in total. The fourth-order valence-corrected chi connectivity index (χ4v) is 4.93. The highest BCUT2D eigenvalue weighted by Crippen LogP contribution is 2.29. The van der Waals surface area contributed by atoms with E-state index in [9.17, 15) is 14.0 Å². The SMILES string of the molecule is Cc1cc(C)cc(C(=O)NCCn2cc(SCC(=O)NCc3ccc(F)cc3)c3ccccc32)c1. The van der Waals surface area contributed by atoms with Crippen LogP contribution in [-0.4, -0.2) is 28.7 Å². The highest BCUT2D eigenvalue weighted by molar-refractivity contribution is 8.00. The summed E-state index contributed by atoms with van der Waals surface area (Å²) in [6, 6.07) is 20.0. The van der Waals surface area contributed by atoms with Crippen molar-refractivity contribution in [2.75, 3.05) is 12.3 Å². The number of aryl methyl sites for hydroxylation is 2. The van der Waals surface area contributed by atoms with Gasteiger partial charge >= 0.3 is 0 Å². The van der Waals surface area contributed by atoms with E-state index in [0.29, 0.717) is 25.2 Å². The Balaban J connectivity index is 1.34. The molecule has 0 atom stereocenters. The number of rotatable bonds is 9. The molecule has 1 heterocycles. The molecule has 4 rings (SSSR count). The van der Waals surface area contributed by atoms with Gasteiger partial charge in [-0.05, 0) is 49.7 Å². The Kier molecular flexibility index (Phi) is 7.87. The molecule has 0 unspecified atom stereocenters. The Hall–Kier alpha value is -3.58. The Bertz CT molecular complexity index is 1330. The van der Waals surface area contributed by atoms with Crippen molar-refractivity contribution < 1.29 is 14.0 Å². The summed E-state index contributed by atoms with van der Waals surface area (Å²) in [5.74, 6) is -0.187. The number of nitrogens with zero attached hydrogens (tertiary/aromatic N) is 1. The van der Waals surface area contributed by atoms with Crippen LogP contribution < -0.4 is 10.6 Å². The van der Waals surface area contributed by atoms with Gasteiger partial charge < -0.3 is 15.2 Å². The summed E-state index contributed by atoms with van der Waals surface area (Å²) in [6.45, 7) is 5.44. The molecule has 1 aromatic heterocycles. The van der Waals surface area contributed by atoms with Gasteiger partial charge in [0, 0.05) is 47.2 Å². The summed E-state index contributed by atoms with van der Waals surface area (Å²) in [4.78, 5) is 26.0. The fraction of sp³-hybridized carbons (Fsp3) is 0.214. The highest BCUT2D eigenvalue weighted by Gasteiger charge is 2.12. The van der Waals surface area contributed by atoms with Gasteiger partial charge in [-0.3, -0.25) is 9.59 Å². The quantitative estimate of drug-likeness (QED) is 0.316. The number of halogens is 1. The van der Waals surface area contributed by atoms with Crippen molar-refractivity contribution in [1.82, 2.24) is 15.2 Å². The second kappa shape index (κ2) is 11.2. The van der Waals surface area contributed by atoms with Crippen molar-refractivity contribution in [3.63, 3.8) is 0 Å². The van der Waals surface area contributed by atoms with E-state index in [0.717, 1.165) is 32.5 Å². The summed E-state index contributed by atoms with van der Waals surface area (Å²) in [5.41, 5.74) is 4.71. The number of carbonyl (C=O) groups is 2.